The minimum atomic E-state index is -0.614. The number of halogens is 1. The van der Waals surface area contributed by atoms with Crippen molar-refractivity contribution in [3.63, 3.8) is 0 Å². The maximum absolute atomic E-state index is 12.5. The Hall–Kier alpha value is -2.11. The zero-order valence-electron chi connectivity index (χ0n) is 12.7. The molecule has 0 aliphatic rings. The molecule has 0 saturated heterocycles. The fraction of sp³-hybridized carbons (Fsp3) is 0.176. The number of rotatable bonds is 3. The summed E-state index contributed by atoms with van der Waals surface area (Å²) in [7, 11) is 0. The zero-order chi connectivity index (χ0) is 16.6. The molecule has 23 heavy (non-hydrogen) atoms. The molecule has 0 fully saturated rings. The molecule has 1 atom stereocenters. The lowest BCUT2D eigenvalue weighted by atomic mass is 10.2. The predicted octanol–water partition coefficient (Wildman–Crippen LogP) is 4.22. The van der Waals surface area contributed by atoms with Crippen molar-refractivity contribution >= 4 is 44.8 Å². The summed E-state index contributed by atoms with van der Waals surface area (Å²) in [5.41, 5.74) is 1.41. The van der Waals surface area contributed by atoms with Crippen LogP contribution in [-0.4, -0.2) is 9.86 Å². The third-order valence-corrected chi connectivity index (χ3v) is 5.17. The number of amides is 1. The second-order valence-electron chi connectivity index (χ2n) is 5.37. The van der Waals surface area contributed by atoms with E-state index in [9.17, 15) is 9.59 Å². The van der Waals surface area contributed by atoms with E-state index >= 15 is 0 Å². The number of aromatic nitrogens is 1. The Morgan fingerprint density at radius 2 is 2.00 bits per heavy atom. The molecule has 0 spiro atoms. The monoisotopic (exact) mass is 346 g/mol. The van der Waals surface area contributed by atoms with Crippen LogP contribution < -0.4 is 10.9 Å². The number of carbonyl (C=O) groups is 1. The Morgan fingerprint density at radius 3 is 2.70 bits per heavy atom. The average molecular weight is 347 g/mol. The minimum Gasteiger partial charge on any atom is -0.323 e. The van der Waals surface area contributed by atoms with E-state index in [2.05, 4.69) is 5.32 Å². The van der Waals surface area contributed by atoms with Crippen molar-refractivity contribution in [1.82, 2.24) is 3.96 Å². The van der Waals surface area contributed by atoms with Gasteiger partial charge in [-0.2, -0.15) is 0 Å². The van der Waals surface area contributed by atoms with E-state index in [1.807, 2.05) is 31.2 Å². The van der Waals surface area contributed by atoms with Crippen LogP contribution in [0, 0.1) is 6.92 Å². The zero-order valence-corrected chi connectivity index (χ0v) is 14.2. The molecule has 0 radical (unpaired) electrons. The van der Waals surface area contributed by atoms with E-state index in [1.165, 1.54) is 15.5 Å². The van der Waals surface area contributed by atoms with Gasteiger partial charge in [0, 0.05) is 0 Å². The second kappa shape index (κ2) is 6.18. The number of nitrogens with zero attached hydrogens (tertiary/aromatic N) is 1. The quantitative estimate of drug-likeness (QED) is 0.771. The van der Waals surface area contributed by atoms with E-state index in [4.69, 9.17) is 11.6 Å². The van der Waals surface area contributed by atoms with Crippen LogP contribution in [0.1, 0.15) is 18.5 Å². The number of benzene rings is 2. The summed E-state index contributed by atoms with van der Waals surface area (Å²) in [6, 6.07) is 12.1. The van der Waals surface area contributed by atoms with Crippen molar-refractivity contribution in [1.29, 1.82) is 0 Å². The van der Waals surface area contributed by atoms with Gasteiger partial charge < -0.3 is 5.32 Å². The van der Waals surface area contributed by atoms with E-state index in [1.54, 1.807) is 25.1 Å². The van der Waals surface area contributed by atoms with E-state index in [-0.39, 0.29) is 11.5 Å². The molecule has 1 heterocycles. The van der Waals surface area contributed by atoms with Gasteiger partial charge in [0.15, 0.2) is 0 Å². The number of hydrogen-bond acceptors (Lipinski definition) is 3. The predicted molar refractivity (Wildman–Crippen MR) is 95.6 cm³/mol. The molecule has 0 aliphatic heterocycles. The lowest BCUT2D eigenvalue weighted by Crippen LogP contribution is -2.28. The van der Waals surface area contributed by atoms with Gasteiger partial charge in [-0.05, 0) is 43.7 Å². The van der Waals surface area contributed by atoms with E-state index in [0.29, 0.717) is 16.1 Å². The third-order valence-electron chi connectivity index (χ3n) is 3.63. The SMILES string of the molecule is Cc1ccc(NC(=O)C(C)n2sc3ccccc3c2=O)c(Cl)c1. The first-order chi connectivity index (χ1) is 11.0. The highest BCUT2D eigenvalue weighted by molar-refractivity contribution is 7.14. The number of aryl methyl sites for hydroxylation is 1. The van der Waals surface area contributed by atoms with Gasteiger partial charge in [-0.25, -0.2) is 0 Å². The normalized spacial score (nSPS) is 12.3. The maximum Gasteiger partial charge on any atom is 0.269 e. The fourth-order valence-corrected chi connectivity index (χ4v) is 3.63. The topological polar surface area (TPSA) is 51.1 Å². The molecule has 4 nitrogen and oxygen atoms in total. The van der Waals surface area contributed by atoms with Gasteiger partial charge in [-0.1, -0.05) is 41.3 Å². The van der Waals surface area contributed by atoms with Crippen molar-refractivity contribution in [3.05, 3.63) is 63.4 Å². The van der Waals surface area contributed by atoms with Crippen LogP contribution >= 0.6 is 23.1 Å². The molecular weight excluding hydrogens is 332 g/mol. The van der Waals surface area contributed by atoms with Gasteiger partial charge in [0.25, 0.3) is 5.56 Å². The Balaban J connectivity index is 1.89. The van der Waals surface area contributed by atoms with Gasteiger partial charge in [0.05, 0.1) is 20.8 Å². The standard InChI is InChI=1S/C17H15ClN2O2S/c1-10-7-8-14(13(18)9-10)19-16(21)11(2)20-17(22)12-5-3-4-6-15(12)23-20/h3-9,11H,1-2H3,(H,19,21). The van der Waals surface area contributed by atoms with Gasteiger partial charge in [0.1, 0.15) is 6.04 Å². The van der Waals surface area contributed by atoms with Crippen LogP contribution in [0.3, 0.4) is 0 Å². The fourth-order valence-electron chi connectivity index (χ4n) is 2.31. The van der Waals surface area contributed by atoms with Crippen LogP contribution in [-0.2, 0) is 4.79 Å². The summed E-state index contributed by atoms with van der Waals surface area (Å²) < 4.78 is 2.35. The van der Waals surface area contributed by atoms with Gasteiger partial charge in [-0.3, -0.25) is 13.5 Å². The summed E-state index contributed by atoms with van der Waals surface area (Å²) in [6.45, 7) is 3.63. The van der Waals surface area contributed by atoms with E-state index in [0.717, 1.165) is 10.3 Å². The molecule has 0 aliphatic carbocycles. The number of anilines is 1. The van der Waals surface area contributed by atoms with Crippen molar-refractivity contribution in [2.75, 3.05) is 5.32 Å². The Labute approximate surface area is 142 Å². The highest BCUT2D eigenvalue weighted by Gasteiger charge is 2.20. The Morgan fingerprint density at radius 1 is 1.26 bits per heavy atom. The number of carbonyl (C=O) groups excluding carboxylic acids is 1. The summed E-state index contributed by atoms with van der Waals surface area (Å²) in [4.78, 5) is 24.9. The Kier molecular flexibility index (Phi) is 4.24. The van der Waals surface area contributed by atoms with Crippen molar-refractivity contribution < 1.29 is 4.79 Å². The molecule has 0 bridgehead atoms. The second-order valence-corrected chi connectivity index (χ2v) is 6.79. The number of nitrogens with one attached hydrogen (secondary N) is 1. The van der Waals surface area contributed by atoms with Crippen LogP contribution in [0.25, 0.3) is 10.1 Å². The molecule has 1 N–H and O–H groups in total. The van der Waals surface area contributed by atoms with Crippen LogP contribution in [0.15, 0.2) is 47.3 Å². The molecule has 6 heteroatoms. The molecule has 0 saturated carbocycles. The van der Waals surface area contributed by atoms with Crippen LogP contribution in [0.2, 0.25) is 5.02 Å². The maximum atomic E-state index is 12.5. The van der Waals surface area contributed by atoms with Crippen LogP contribution in [0.5, 0.6) is 0 Å². The lowest BCUT2D eigenvalue weighted by molar-refractivity contribution is -0.118. The summed E-state index contributed by atoms with van der Waals surface area (Å²) in [5, 5.41) is 3.89. The number of hydrogen-bond donors (Lipinski definition) is 1. The van der Waals surface area contributed by atoms with Crippen LogP contribution in [0.4, 0.5) is 5.69 Å². The highest BCUT2D eigenvalue weighted by Crippen LogP contribution is 2.25. The molecule has 118 valence electrons. The molecule has 1 unspecified atom stereocenters. The molecule has 1 amide bonds. The first-order valence-corrected chi connectivity index (χ1v) is 8.30. The molecule has 1 aromatic heterocycles. The average Bonchev–Trinajstić information content (AvgIpc) is 2.87. The first-order valence-electron chi connectivity index (χ1n) is 7.15. The van der Waals surface area contributed by atoms with Crippen molar-refractivity contribution in [2.24, 2.45) is 0 Å². The number of fused-ring (bicyclic) bond motifs is 1. The molecule has 3 rings (SSSR count). The largest absolute Gasteiger partial charge is 0.323 e. The summed E-state index contributed by atoms with van der Waals surface area (Å²) in [5.74, 6) is -0.274. The smallest absolute Gasteiger partial charge is 0.269 e. The molecular formula is C17H15ClN2O2S. The lowest BCUT2D eigenvalue weighted by Gasteiger charge is -2.13. The first kappa shape index (κ1) is 15.8. The molecule has 2 aromatic carbocycles. The van der Waals surface area contributed by atoms with Gasteiger partial charge >= 0.3 is 0 Å². The van der Waals surface area contributed by atoms with Gasteiger partial charge in [-0.15, -0.1) is 0 Å². The highest BCUT2D eigenvalue weighted by atomic mass is 35.5. The van der Waals surface area contributed by atoms with Gasteiger partial charge in [0.2, 0.25) is 5.91 Å². The molecule has 3 aromatic rings. The van der Waals surface area contributed by atoms with E-state index < -0.39 is 6.04 Å². The minimum absolute atomic E-state index is 0.150. The van der Waals surface area contributed by atoms with Crippen molar-refractivity contribution in [2.45, 2.75) is 19.9 Å². The summed E-state index contributed by atoms with van der Waals surface area (Å²) in [6.07, 6.45) is 0. The third kappa shape index (κ3) is 3.02. The Bertz CT molecular complexity index is 945. The summed E-state index contributed by atoms with van der Waals surface area (Å²) >= 11 is 7.43. The van der Waals surface area contributed by atoms with Crippen molar-refractivity contribution in [3.8, 4) is 0 Å².